The molecule has 2 saturated heterocycles. The fourth-order valence-corrected chi connectivity index (χ4v) is 4.97. The normalized spacial score (nSPS) is 21.8. The Hall–Kier alpha value is -4.02. The Bertz CT molecular complexity index is 1220. The van der Waals surface area contributed by atoms with Crippen molar-refractivity contribution in [1.82, 2.24) is 25.1 Å². The first-order valence-electron chi connectivity index (χ1n) is 12.0. The van der Waals surface area contributed by atoms with Crippen molar-refractivity contribution >= 4 is 23.6 Å². The molecule has 1 unspecified atom stereocenters. The highest BCUT2D eigenvalue weighted by Crippen LogP contribution is 2.30. The van der Waals surface area contributed by atoms with Crippen molar-refractivity contribution in [1.29, 1.82) is 0 Å². The molecule has 4 amide bonds. The lowest BCUT2D eigenvalue weighted by molar-refractivity contribution is -0.136. The van der Waals surface area contributed by atoms with E-state index in [0.717, 1.165) is 24.8 Å². The van der Waals surface area contributed by atoms with E-state index in [2.05, 4.69) is 15.3 Å². The first kappa shape index (κ1) is 23.7. The van der Waals surface area contributed by atoms with E-state index in [9.17, 15) is 19.2 Å². The predicted octanol–water partition coefficient (Wildman–Crippen LogP) is 1.32. The fourth-order valence-electron chi connectivity index (χ4n) is 4.97. The van der Waals surface area contributed by atoms with E-state index in [-0.39, 0.29) is 48.3 Å². The van der Waals surface area contributed by atoms with Gasteiger partial charge in [0.1, 0.15) is 18.4 Å². The number of hydrogen-bond donors (Lipinski definition) is 1. The molecule has 0 aliphatic carbocycles. The molecule has 36 heavy (non-hydrogen) atoms. The molecule has 1 aromatic heterocycles. The van der Waals surface area contributed by atoms with Crippen molar-refractivity contribution in [2.24, 2.45) is 0 Å². The number of ether oxygens (including phenoxy) is 2. The third kappa shape index (κ3) is 4.60. The maximum absolute atomic E-state index is 13.1. The highest BCUT2D eigenvalue weighted by atomic mass is 16.5. The molecule has 0 radical (unpaired) electrons. The van der Waals surface area contributed by atoms with Crippen LogP contribution in [0.4, 0.5) is 0 Å². The number of amides is 4. The van der Waals surface area contributed by atoms with E-state index in [4.69, 9.17) is 9.47 Å². The number of methoxy groups -OCH3 is 1. The smallest absolute Gasteiger partial charge is 0.274 e. The Morgan fingerprint density at radius 2 is 2.03 bits per heavy atom. The summed E-state index contributed by atoms with van der Waals surface area (Å²) >= 11 is 0. The first-order chi connectivity index (χ1) is 17.4. The lowest BCUT2D eigenvalue weighted by Crippen LogP contribution is -2.52. The summed E-state index contributed by atoms with van der Waals surface area (Å²) in [5.41, 5.74) is 1.52. The maximum Gasteiger partial charge on any atom is 0.274 e. The Balaban J connectivity index is 1.25. The van der Waals surface area contributed by atoms with Crippen molar-refractivity contribution < 1.29 is 28.7 Å². The van der Waals surface area contributed by atoms with Crippen LogP contribution < -0.4 is 14.8 Å². The van der Waals surface area contributed by atoms with E-state index in [1.807, 2.05) is 6.07 Å². The van der Waals surface area contributed by atoms with Crippen molar-refractivity contribution in [2.45, 2.75) is 50.7 Å². The van der Waals surface area contributed by atoms with Crippen LogP contribution in [0, 0.1) is 0 Å². The fraction of sp³-hybridized carbons (Fsp3) is 0.440. The van der Waals surface area contributed by atoms with Crippen molar-refractivity contribution in [3.63, 3.8) is 0 Å². The van der Waals surface area contributed by atoms with Crippen LogP contribution in [0.25, 0.3) is 0 Å². The zero-order valence-corrected chi connectivity index (χ0v) is 19.9. The van der Waals surface area contributed by atoms with Gasteiger partial charge in [0.25, 0.3) is 11.8 Å². The summed E-state index contributed by atoms with van der Waals surface area (Å²) in [6.45, 7) is 1.18. The number of carbonyl (C=O) groups excluding carboxylic acids is 4. The zero-order valence-electron chi connectivity index (χ0n) is 19.9. The van der Waals surface area contributed by atoms with Crippen LogP contribution in [0.5, 0.6) is 11.6 Å². The number of likely N-dealkylation sites (tertiary alicyclic amines) is 1. The molecule has 2 fully saturated rings. The minimum atomic E-state index is -0.659. The van der Waals surface area contributed by atoms with Crippen LogP contribution >= 0.6 is 0 Å². The topological polar surface area (TPSA) is 131 Å². The van der Waals surface area contributed by atoms with Gasteiger partial charge in [-0.3, -0.25) is 29.5 Å². The number of nitrogens with one attached hydrogen (secondary N) is 1. The van der Waals surface area contributed by atoms with Gasteiger partial charge in [-0.1, -0.05) is 0 Å². The number of piperidine rings is 2. The SMILES string of the molecule is COc1cncc(C(=O)N2CCCC[C@H]2COc2ccc3c(c2)CN(C2CCC(=O)NC2=O)C3=O)n1. The van der Waals surface area contributed by atoms with Gasteiger partial charge in [0.2, 0.25) is 17.7 Å². The molecule has 1 N–H and O–H groups in total. The average Bonchev–Trinajstić information content (AvgIpc) is 3.22. The molecule has 0 saturated carbocycles. The Labute approximate surface area is 207 Å². The minimum Gasteiger partial charge on any atom is -0.491 e. The number of hydrogen-bond acceptors (Lipinski definition) is 8. The van der Waals surface area contributed by atoms with Gasteiger partial charge in [0.15, 0.2) is 5.69 Å². The molecular formula is C25H27N5O6. The van der Waals surface area contributed by atoms with Gasteiger partial charge >= 0.3 is 0 Å². The van der Waals surface area contributed by atoms with Crippen LogP contribution in [-0.2, 0) is 16.1 Å². The molecule has 2 aromatic rings. The summed E-state index contributed by atoms with van der Waals surface area (Å²) in [7, 11) is 1.48. The Morgan fingerprint density at radius 3 is 2.83 bits per heavy atom. The molecule has 3 aliphatic heterocycles. The van der Waals surface area contributed by atoms with E-state index in [1.165, 1.54) is 24.4 Å². The predicted molar refractivity (Wildman–Crippen MR) is 125 cm³/mol. The molecule has 188 valence electrons. The lowest BCUT2D eigenvalue weighted by atomic mass is 10.0. The van der Waals surface area contributed by atoms with Crippen LogP contribution in [0.15, 0.2) is 30.6 Å². The quantitative estimate of drug-likeness (QED) is 0.596. The number of imide groups is 1. The van der Waals surface area contributed by atoms with Crippen LogP contribution in [0.2, 0.25) is 0 Å². The van der Waals surface area contributed by atoms with Gasteiger partial charge in [0.05, 0.1) is 25.5 Å². The second-order valence-electron chi connectivity index (χ2n) is 9.12. The van der Waals surface area contributed by atoms with Gasteiger partial charge < -0.3 is 19.3 Å². The summed E-state index contributed by atoms with van der Waals surface area (Å²) in [4.78, 5) is 61.3. The van der Waals surface area contributed by atoms with Gasteiger partial charge in [-0.05, 0) is 49.4 Å². The standard InChI is InChI=1S/C25H27N5O6/c1-35-22-12-26-11-19(27-22)25(34)29-9-3-2-4-16(29)14-36-17-5-6-18-15(10-17)13-30(24(18)33)20-7-8-21(31)28-23(20)32/h5-6,10-12,16,20H,2-4,7-9,13-14H2,1H3,(H,28,31,32)/t16-,20?/m0/s1. The maximum atomic E-state index is 13.1. The second kappa shape index (κ2) is 9.92. The molecule has 11 heteroatoms. The largest absolute Gasteiger partial charge is 0.491 e. The lowest BCUT2D eigenvalue weighted by Gasteiger charge is -2.35. The summed E-state index contributed by atoms with van der Waals surface area (Å²) in [5.74, 6) is -0.324. The van der Waals surface area contributed by atoms with Crippen LogP contribution in [0.1, 0.15) is 58.5 Å². The molecule has 2 atom stereocenters. The first-order valence-corrected chi connectivity index (χ1v) is 12.0. The van der Waals surface area contributed by atoms with E-state index < -0.39 is 11.9 Å². The molecular weight excluding hydrogens is 466 g/mol. The zero-order chi connectivity index (χ0) is 25.2. The van der Waals surface area contributed by atoms with Crippen LogP contribution in [0.3, 0.4) is 0 Å². The Kier molecular flexibility index (Phi) is 6.53. The third-order valence-electron chi connectivity index (χ3n) is 6.87. The number of rotatable bonds is 6. The van der Waals surface area contributed by atoms with Gasteiger partial charge in [-0.2, -0.15) is 0 Å². The molecule has 0 spiro atoms. The minimum absolute atomic E-state index is 0.130. The van der Waals surface area contributed by atoms with Crippen molar-refractivity contribution in [3.8, 4) is 11.6 Å². The second-order valence-corrected chi connectivity index (χ2v) is 9.12. The number of carbonyl (C=O) groups is 4. The molecule has 5 rings (SSSR count). The molecule has 4 heterocycles. The Morgan fingerprint density at radius 1 is 1.17 bits per heavy atom. The van der Waals surface area contributed by atoms with E-state index in [1.54, 1.807) is 17.0 Å². The number of benzene rings is 1. The average molecular weight is 494 g/mol. The van der Waals surface area contributed by atoms with Crippen molar-refractivity contribution in [2.75, 3.05) is 20.3 Å². The number of aromatic nitrogens is 2. The summed E-state index contributed by atoms with van der Waals surface area (Å²) in [5, 5.41) is 2.31. The van der Waals surface area contributed by atoms with Crippen molar-refractivity contribution in [3.05, 3.63) is 47.4 Å². The molecule has 3 aliphatic rings. The van der Waals surface area contributed by atoms with E-state index in [0.29, 0.717) is 30.9 Å². The summed E-state index contributed by atoms with van der Waals surface area (Å²) < 4.78 is 11.2. The van der Waals surface area contributed by atoms with Gasteiger partial charge in [0, 0.05) is 25.1 Å². The summed E-state index contributed by atoms with van der Waals surface area (Å²) in [6, 6.07) is 4.45. The molecule has 0 bridgehead atoms. The van der Waals surface area contributed by atoms with Gasteiger partial charge in [-0.15, -0.1) is 0 Å². The third-order valence-corrected chi connectivity index (χ3v) is 6.87. The highest BCUT2D eigenvalue weighted by Gasteiger charge is 2.39. The van der Waals surface area contributed by atoms with Crippen LogP contribution in [-0.4, -0.2) is 75.7 Å². The number of fused-ring (bicyclic) bond motifs is 1. The summed E-state index contributed by atoms with van der Waals surface area (Å²) in [6.07, 6.45) is 6.10. The van der Waals surface area contributed by atoms with E-state index >= 15 is 0 Å². The monoisotopic (exact) mass is 493 g/mol. The number of nitrogens with zero attached hydrogens (tertiary/aromatic N) is 4. The molecule has 1 aromatic carbocycles. The molecule has 11 nitrogen and oxygen atoms in total. The van der Waals surface area contributed by atoms with Gasteiger partial charge in [-0.25, -0.2) is 4.98 Å². The highest BCUT2D eigenvalue weighted by molar-refractivity contribution is 6.05.